The number of hydrogen-bond acceptors (Lipinski definition) is 4. The number of anilines is 1. The molecular formula is C16H12ClNO4. The van der Waals surface area contributed by atoms with E-state index in [4.69, 9.17) is 11.6 Å². The van der Waals surface area contributed by atoms with Crippen molar-refractivity contribution in [3.8, 4) is 0 Å². The van der Waals surface area contributed by atoms with Crippen LogP contribution in [0.3, 0.4) is 0 Å². The van der Waals surface area contributed by atoms with Crippen LogP contribution in [0, 0.1) is 23.7 Å². The Morgan fingerprint density at radius 1 is 0.818 bits per heavy atom. The predicted molar refractivity (Wildman–Crippen MR) is 77.2 cm³/mol. The first-order valence-corrected chi connectivity index (χ1v) is 7.55. The highest BCUT2D eigenvalue weighted by Gasteiger charge is 2.63. The number of carbonyl (C=O) groups is 4. The van der Waals surface area contributed by atoms with E-state index in [2.05, 4.69) is 0 Å². The van der Waals surface area contributed by atoms with Gasteiger partial charge < -0.3 is 0 Å². The summed E-state index contributed by atoms with van der Waals surface area (Å²) in [6.45, 7) is 0. The van der Waals surface area contributed by atoms with Gasteiger partial charge >= 0.3 is 0 Å². The maximum atomic E-state index is 12.7. The van der Waals surface area contributed by atoms with Crippen LogP contribution in [0.1, 0.15) is 12.8 Å². The molecule has 4 atom stereocenters. The number of rotatable bonds is 1. The zero-order valence-electron chi connectivity index (χ0n) is 11.5. The molecule has 4 aliphatic rings. The van der Waals surface area contributed by atoms with E-state index in [0.29, 0.717) is 10.7 Å². The predicted octanol–water partition coefficient (Wildman–Crippen LogP) is 1.62. The van der Waals surface area contributed by atoms with Gasteiger partial charge in [-0.1, -0.05) is 11.6 Å². The zero-order valence-corrected chi connectivity index (χ0v) is 12.2. The molecule has 22 heavy (non-hydrogen) atoms. The van der Waals surface area contributed by atoms with Gasteiger partial charge in [0, 0.05) is 29.7 Å². The Morgan fingerprint density at radius 2 is 1.27 bits per heavy atom. The lowest BCUT2D eigenvalue weighted by atomic mass is 9.58. The molecule has 1 heterocycles. The van der Waals surface area contributed by atoms with Gasteiger partial charge in [0.15, 0.2) is 0 Å². The first kappa shape index (κ1) is 13.6. The topological polar surface area (TPSA) is 71.5 Å². The number of nitrogens with zero attached hydrogens (tertiary/aromatic N) is 1. The fourth-order valence-electron chi connectivity index (χ4n) is 4.02. The molecule has 0 N–H and O–H groups in total. The number of imide groups is 1. The lowest BCUT2D eigenvalue weighted by Gasteiger charge is -2.40. The Hall–Kier alpha value is -2.01. The van der Waals surface area contributed by atoms with E-state index in [-0.39, 0.29) is 36.2 Å². The fourth-order valence-corrected chi connectivity index (χ4v) is 4.15. The van der Waals surface area contributed by atoms with E-state index in [9.17, 15) is 19.2 Å². The number of fused-ring (bicyclic) bond motifs is 2. The summed E-state index contributed by atoms with van der Waals surface area (Å²) in [5, 5.41) is 0.505. The third-order valence-corrected chi connectivity index (χ3v) is 5.27. The van der Waals surface area contributed by atoms with Crippen LogP contribution in [-0.4, -0.2) is 23.4 Å². The molecule has 0 spiro atoms. The standard InChI is InChI=1S/C16H12ClNO4/c17-7-1-3-8(4-2-7)18-15(21)13-9-5-11(19)10(6-12(9)20)14(13)16(18)22/h1-4,9-10,13-14H,5-6H2/t9-,10-,13-,14-/m0/s1. The summed E-state index contributed by atoms with van der Waals surface area (Å²) in [6, 6.07) is 6.40. The highest BCUT2D eigenvalue weighted by molar-refractivity contribution is 6.31. The van der Waals surface area contributed by atoms with Crippen molar-refractivity contribution in [3.05, 3.63) is 29.3 Å². The van der Waals surface area contributed by atoms with Crippen molar-refractivity contribution in [1.82, 2.24) is 0 Å². The van der Waals surface area contributed by atoms with Gasteiger partial charge in [0.2, 0.25) is 11.8 Å². The molecule has 0 unspecified atom stereocenters. The van der Waals surface area contributed by atoms with E-state index in [1.807, 2.05) is 0 Å². The highest BCUT2D eigenvalue weighted by Crippen LogP contribution is 2.50. The Labute approximate surface area is 131 Å². The number of hydrogen-bond donors (Lipinski definition) is 0. The lowest BCUT2D eigenvalue weighted by molar-refractivity contribution is -0.153. The Morgan fingerprint density at radius 3 is 1.73 bits per heavy atom. The van der Waals surface area contributed by atoms with Gasteiger partial charge in [-0.3, -0.25) is 24.1 Å². The monoisotopic (exact) mass is 317 g/mol. The second-order valence-electron chi connectivity index (χ2n) is 6.09. The molecule has 0 aromatic heterocycles. The van der Waals surface area contributed by atoms with Crippen molar-refractivity contribution >= 4 is 40.7 Å². The summed E-state index contributed by atoms with van der Waals surface area (Å²) in [4.78, 5) is 50.6. The van der Waals surface area contributed by atoms with E-state index >= 15 is 0 Å². The number of amides is 2. The summed E-state index contributed by atoms with van der Waals surface area (Å²) in [5.41, 5.74) is 0.438. The number of ketones is 2. The molecule has 1 aromatic carbocycles. The molecule has 112 valence electrons. The molecular weight excluding hydrogens is 306 g/mol. The van der Waals surface area contributed by atoms with Gasteiger partial charge in [-0.15, -0.1) is 0 Å². The maximum absolute atomic E-state index is 12.7. The Balaban J connectivity index is 1.78. The Bertz CT molecular complexity index is 686. The second kappa shape index (κ2) is 4.49. The number of halogens is 1. The van der Waals surface area contributed by atoms with Gasteiger partial charge in [0.1, 0.15) is 11.6 Å². The average Bonchev–Trinajstić information content (AvgIpc) is 2.75. The SMILES string of the molecule is O=C1C[C@H]2C(=O)C[C@@H]1[C@@H]1C(=O)N(c3ccc(Cl)cc3)C(=O)[C@H]12. The molecule has 2 bridgehead atoms. The quantitative estimate of drug-likeness (QED) is 0.738. The molecule has 3 saturated carbocycles. The third kappa shape index (κ3) is 1.66. The first-order chi connectivity index (χ1) is 10.5. The molecule has 1 aliphatic heterocycles. The molecule has 1 saturated heterocycles. The summed E-state index contributed by atoms with van der Waals surface area (Å²) < 4.78 is 0. The average molecular weight is 318 g/mol. The first-order valence-electron chi connectivity index (χ1n) is 7.18. The smallest absolute Gasteiger partial charge is 0.238 e. The van der Waals surface area contributed by atoms with Crippen LogP contribution in [0.4, 0.5) is 5.69 Å². The molecule has 1 aromatic rings. The van der Waals surface area contributed by atoms with Crippen molar-refractivity contribution in [2.24, 2.45) is 23.7 Å². The van der Waals surface area contributed by atoms with Crippen molar-refractivity contribution in [2.75, 3.05) is 4.90 Å². The van der Waals surface area contributed by atoms with Crippen molar-refractivity contribution in [3.63, 3.8) is 0 Å². The van der Waals surface area contributed by atoms with Crippen LogP contribution in [-0.2, 0) is 19.2 Å². The van der Waals surface area contributed by atoms with Crippen LogP contribution < -0.4 is 4.90 Å². The van der Waals surface area contributed by atoms with Gasteiger partial charge in [-0.05, 0) is 24.3 Å². The second-order valence-corrected chi connectivity index (χ2v) is 6.53. The van der Waals surface area contributed by atoms with Crippen LogP contribution in [0.2, 0.25) is 5.02 Å². The van der Waals surface area contributed by atoms with Crippen LogP contribution >= 0.6 is 11.6 Å². The Kier molecular flexibility index (Phi) is 2.78. The maximum Gasteiger partial charge on any atom is 0.238 e. The van der Waals surface area contributed by atoms with Crippen molar-refractivity contribution in [2.45, 2.75) is 12.8 Å². The van der Waals surface area contributed by atoms with E-state index < -0.39 is 23.7 Å². The van der Waals surface area contributed by atoms with Gasteiger partial charge in [0.05, 0.1) is 17.5 Å². The molecule has 4 fully saturated rings. The van der Waals surface area contributed by atoms with E-state index in [1.165, 1.54) is 0 Å². The molecule has 3 aliphatic carbocycles. The summed E-state index contributed by atoms with van der Waals surface area (Å²) in [7, 11) is 0. The number of carbonyl (C=O) groups excluding carboxylic acids is 4. The van der Waals surface area contributed by atoms with E-state index in [0.717, 1.165) is 4.90 Å². The zero-order chi connectivity index (χ0) is 15.6. The third-order valence-electron chi connectivity index (χ3n) is 5.02. The van der Waals surface area contributed by atoms with Gasteiger partial charge in [-0.25, -0.2) is 0 Å². The fraction of sp³-hybridized carbons (Fsp3) is 0.375. The van der Waals surface area contributed by atoms with Crippen LogP contribution in [0.25, 0.3) is 0 Å². The number of Topliss-reactive ketones (excluding diaryl/α,β-unsaturated/α-hetero) is 2. The molecule has 0 radical (unpaired) electrons. The number of benzene rings is 1. The molecule has 5 nitrogen and oxygen atoms in total. The minimum atomic E-state index is -0.674. The summed E-state index contributed by atoms with van der Waals surface area (Å²) >= 11 is 5.83. The molecule has 5 rings (SSSR count). The normalized spacial score (nSPS) is 33.6. The van der Waals surface area contributed by atoms with Crippen molar-refractivity contribution in [1.29, 1.82) is 0 Å². The largest absolute Gasteiger partial charge is 0.299 e. The lowest BCUT2D eigenvalue weighted by Crippen LogP contribution is -2.51. The molecule has 2 amide bonds. The van der Waals surface area contributed by atoms with Crippen LogP contribution in [0.15, 0.2) is 24.3 Å². The summed E-state index contributed by atoms with van der Waals surface area (Å²) in [5.74, 6) is -3.47. The van der Waals surface area contributed by atoms with Gasteiger partial charge in [-0.2, -0.15) is 0 Å². The minimum Gasteiger partial charge on any atom is -0.299 e. The van der Waals surface area contributed by atoms with E-state index in [1.54, 1.807) is 24.3 Å². The highest BCUT2D eigenvalue weighted by atomic mass is 35.5. The van der Waals surface area contributed by atoms with Crippen molar-refractivity contribution < 1.29 is 19.2 Å². The summed E-state index contributed by atoms with van der Waals surface area (Å²) in [6.07, 6.45) is 0.191. The van der Waals surface area contributed by atoms with Gasteiger partial charge in [0.25, 0.3) is 0 Å². The minimum absolute atomic E-state index is 0.0649. The molecule has 6 heteroatoms. The van der Waals surface area contributed by atoms with Crippen LogP contribution in [0.5, 0.6) is 0 Å².